The predicted molar refractivity (Wildman–Crippen MR) is 79.9 cm³/mol. The zero-order valence-corrected chi connectivity index (χ0v) is 12.4. The Morgan fingerprint density at radius 2 is 2.16 bits per heavy atom. The van der Waals surface area contributed by atoms with Crippen molar-refractivity contribution in [3.8, 4) is 5.75 Å². The van der Waals surface area contributed by atoms with Crippen molar-refractivity contribution in [2.75, 3.05) is 32.8 Å². The zero-order valence-electron chi connectivity index (χ0n) is 12.4. The second kappa shape index (κ2) is 6.92. The van der Waals surface area contributed by atoms with Gasteiger partial charge in [-0.2, -0.15) is 0 Å². The van der Waals surface area contributed by atoms with E-state index in [2.05, 4.69) is 49.2 Å². The van der Waals surface area contributed by atoms with Crippen LogP contribution in [0, 0.1) is 13.8 Å². The Labute approximate surface area is 116 Å². The standard InChI is InChI=1S/C16H26N2O/c1-13-5-6-16(11-14(13)2)19-10-4-8-18-9-7-17-15(3)12-18/h5-6,11,15,17H,4,7-10,12H2,1-3H3/t15-/m0/s1. The Balaban J connectivity index is 1.67. The van der Waals surface area contributed by atoms with Gasteiger partial charge in [0.1, 0.15) is 5.75 Å². The first-order chi connectivity index (χ1) is 9.15. The van der Waals surface area contributed by atoms with Gasteiger partial charge >= 0.3 is 0 Å². The SMILES string of the molecule is Cc1ccc(OCCCN2CCN[C@@H](C)C2)cc1C. The van der Waals surface area contributed by atoms with E-state index in [1.54, 1.807) is 0 Å². The summed E-state index contributed by atoms with van der Waals surface area (Å²) in [6, 6.07) is 6.94. The van der Waals surface area contributed by atoms with E-state index in [9.17, 15) is 0 Å². The number of piperazine rings is 1. The summed E-state index contributed by atoms with van der Waals surface area (Å²) in [7, 11) is 0. The molecule has 0 amide bonds. The molecule has 1 N–H and O–H groups in total. The molecule has 2 rings (SSSR count). The highest BCUT2D eigenvalue weighted by Crippen LogP contribution is 2.16. The third-order valence-electron chi connectivity index (χ3n) is 3.82. The van der Waals surface area contributed by atoms with Crippen molar-refractivity contribution in [2.24, 2.45) is 0 Å². The molecule has 1 aliphatic rings. The second-order valence-corrected chi connectivity index (χ2v) is 5.60. The molecule has 1 atom stereocenters. The molecular formula is C16H26N2O. The van der Waals surface area contributed by atoms with Crippen molar-refractivity contribution in [1.82, 2.24) is 10.2 Å². The van der Waals surface area contributed by atoms with Crippen LogP contribution in [0.4, 0.5) is 0 Å². The van der Waals surface area contributed by atoms with Gasteiger partial charge in [0.05, 0.1) is 6.61 Å². The Hall–Kier alpha value is -1.06. The van der Waals surface area contributed by atoms with Crippen LogP contribution in [0.2, 0.25) is 0 Å². The van der Waals surface area contributed by atoms with Crippen LogP contribution in [0.25, 0.3) is 0 Å². The molecule has 0 unspecified atom stereocenters. The number of aryl methyl sites for hydroxylation is 2. The van der Waals surface area contributed by atoms with Gasteiger partial charge in [-0.1, -0.05) is 6.07 Å². The maximum absolute atomic E-state index is 5.82. The molecule has 1 saturated heterocycles. The van der Waals surface area contributed by atoms with Crippen molar-refractivity contribution in [3.63, 3.8) is 0 Å². The molecule has 1 aromatic rings. The normalized spacial score (nSPS) is 20.5. The van der Waals surface area contributed by atoms with E-state index in [4.69, 9.17) is 4.74 Å². The molecule has 0 bridgehead atoms. The Bertz CT molecular complexity index is 406. The van der Waals surface area contributed by atoms with E-state index >= 15 is 0 Å². The summed E-state index contributed by atoms with van der Waals surface area (Å²) in [5.74, 6) is 0.997. The van der Waals surface area contributed by atoms with Crippen LogP contribution >= 0.6 is 0 Å². The van der Waals surface area contributed by atoms with Crippen LogP contribution in [0.1, 0.15) is 24.5 Å². The highest BCUT2D eigenvalue weighted by molar-refractivity contribution is 5.33. The Morgan fingerprint density at radius 1 is 1.32 bits per heavy atom. The number of ether oxygens (including phenoxy) is 1. The van der Waals surface area contributed by atoms with Gasteiger partial charge in [0.25, 0.3) is 0 Å². The summed E-state index contributed by atoms with van der Waals surface area (Å²) < 4.78 is 5.82. The lowest BCUT2D eigenvalue weighted by Crippen LogP contribution is -2.49. The van der Waals surface area contributed by atoms with Crippen LogP contribution in [0.15, 0.2) is 18.2 Å². The zero-order chi connectivity index (χ0) is 13.7. The van der Waals surface area contributed by atoms with Crippen LogP contribution in [0.5, 0.6) is 5.75 Å². The Morgan fingerprint density at radius 3 is 2.89 bits per heavy atom. The maximum Gasteiger partial charge on any atom is 0.119 e. The molecule has 1 aromatic carbocycles. The van der Waals surface area contributed by atoms with E-state index in [-0.39, 0.29) is 0 Å². The Kier molecular flexibility index (Phi) is 5.23. The average Bonchev–Trinajstić information content (AvgIpc) is 2.39. The number of benzene rings is 1. The van der Waals surface area contributed by atoms with Crippen molar-refractivity contribution in [1.29, 1.82) is 0 Å². The molecule has 3 heteroatoms. The molecule has 1 heterocycles. The summed E-state index contributed by atoms with van der Waals surface area (Å²) in [4.78, 5) is 2.52. The smallest absolute Gasteiger partial charge is 0.119 e. The van der Waals surface area contributed by atoms with Crippen LogP contribution in [-0.2, 0) is 0 Å². The number of nitrogens with zero attached hydrogens (tertiary/aromatic N) is 1. The van der Waals surface area contributed by atoms with E-state index < -0.39 is 0 Å². The molecule has 0 aliphatic carbocycles. The summed E-state index contributed by atoms with van der Waals surface area (Å²) >= 11 is 0. The highest BCUT2D eigenvalue weighted by Gasteiger charge is 2.14. The van der Waals surface area contributed by atoms with Gasteiger partial charge < -0.3 is 15.0 Å². The predicted octanol–water partition coefficient (Wildman–Crippen LogP) is 2.37. The molecule has 0 radical (unpaired) electrons. The number of hydrogen-bond donors (Lipinski definition) is 1. The minimum absolute atomic E-state index is 0.620. The maximum atomic E-state index is 5.82. The molecule has 1 fully saturated rings. The van der Waals surface area contributed by atoms with Crippen LogP contribution < -0.4 is 10.1 Å². The van der Waals surface area contributed by atoms with Crippen LogP contribution in [0.3, 0.4) is 0 Å². The van der Waals surface area contributed by atoms with Crippen molar-refractivity contribution < 1.29 is 4.74 Å². The third kappa shape index (κ3) is 4.51. The van der Waals surface area contributed by atoms with Crippen molar-refractivity contribution in [3.05, 3.63) is 29.3 Å². The van der Waals surface area contributed by atoms with E-state index in [0.717, 1.165) is 45.0 Å². The monoisotopic (exact) mass is 262 g/mol. The van der Waals surface area contributed by atoms with E-state index in [1.165, 1.54) is 11.1 Å². The van der Waals surface area contributed by atoms with E-state index in [0.29, 0.717) is 6.04 Å². The lowest BCUT2D eigenvalue weighted by atomic mass is 10.1. The first-order valence-corrected chi connectivity index (χ1v) is 7.31. The largest absolute Gasteiger partial charge is 0.494 e. The molecule has 19 heavy (non-hydrogen) atoms. The first kappa shape index (κ1) is 14.4. The number of rotatable bonds is 5. The number of hydrogen-bond acceptors (Lipinski definition) is 3. The topological polar surface area (TPSA) is 24.5 Å². The van der Waals surface area contributed by atoms with Crippen molar-refractivity contribution in [2.45, 2.75) is 33.2 Å². The second-order valence-electron chi connectivity index (χ2n) is 5.60. The molecule has 106 valence electrons. The van der Waals surface area contributed by atoms with Gasteiger partial charge in [0, 0.05) is 32.2 Å². The first-order valence-electron chi connectivity index (χ1n) is 7.31. The average molecular weight is 262 g/mol. The summed E-state index contributed by atoms with van der Waals surface area (Å²) in [6.07, 6.45) is 1.10. The number of nitrogens with one attached hydrogen (secondary N) is 1. The fraction of sp³-hybridized carbons (Fsp3) is 0.625. The van der Waals surface area contributed by atoms with Gasteiger partial charge in [-0.3, -0.25) is 0 Å². The van der Waals surface area contributed by atoms with Crippen LogP contribution in [-0.4, -0.2) is 43.7 Å². The third-order valence-corrected chi connectivity index (χ3v) is 3.82. The van der Waals surface area contributed by atoms with Gasteiger partial charge in [-0.15, -0.1) is 0 Å². The molecule has 3 nitrogen and oxygen atoms in total. The summed E-state index contributed by atoms with van der Waals surface area (Å²) in [5, 5.41) is 3.47. The lowest BCUT2D eigenvalue weighted by molar-refractivity contribution is 0.189. The summed E-state index contributed by atoms with van der Waals surface area (Å²) in [5.41, 5.74) is 2.62. The van der Waals surface area contributed by atoms with Crippen molar-refractivity contribution >= 4 is 0 Å². The fourth-order valence-corrected chi connectivity index (χ4v) is 2.50. The van der Waals surface area contributed by atoms with Gasteiger partial charge in [-0.05, 0) is 50.5 Å². The molecule has 0 saturated carbocycles. The summed E-state index contributed by atoms with van der Waals surface area (Å²) in [6.45, 7) is 11.9. The molecule has 1 aliphatic heterocycles. The lowest BCUT2D eigenvalue weighted by Gasteiger charge is -2.31. The minimum atomic E-state index is 0.620. The molecular weight excluding hydrogens is 236 g/mol. The van der Waals surface area contributed by atoms with E-state index in [1.807, 2.05) is 0 Å². The van der Waals surface area contributed by atoms with Gasteiger partial charge in [-0.25, -0.2) is 0 Å². The minimum Gasteiger partial charge on any atom is -0.494 e. The molecule has 0 aromatic heterocycles. The molecule has 0 spiro atoms. The fourth-order valence-electron chi connectivity index (χ4n) is 2.50. The van der Waals surface area contributed by atoms with Gasteiger partial charge in [0.2, 0.25) is 0 Å². The quantitative estimate of drug-likeness (QED) is 0.825. The highest BCUT2D eigenvalue weighted by atomic mass is 16.5. The van der Waals surface area contributed by atoms with Gasteiger partial charge in [0.15, 0.2) is 0 Å².